The molecule has 0 bridgehead atoms. The maximum Gasteiger partial charge on any atom is 0.297 e. The van der Waals surface area contributed by atoms with E-state index in [2.05, 4.69) is 5.32 Å². The molecule has 2 aliphatic rings. The molecule has 2 N–H and O–H groups in total. The fourth-order valence-corrected chi connectivity index (χ4v) is 3.69. The molecule has 1 aromatic carbocycles. The van der Waals surface area contributed by atoms with Crippen LogP contribution in [0.25, 0.3) is 0 Å². The summed E-state index contributed by atoms with van der Waals surface area (Å²) in [5, 5.41) is 12.7. The molecule has 4 atom stereocenters. The van der Waals surface area contributed by atoms with Gasteiger partial charge in [-0.25, -0.2) is 0 Å². The number of rotatable bonds is 3. The summed E-state index contributed by atoms with van der Waals surface area (Å²) >= 11 is 0. The number of aliphatic hydroxyl groups excluding tert-OH is 1. The van der Waals surface area contributed by atoms with Crippen molar-refractivity contribution in [2.45, 2.75) is 36.2 Å². The molecule has 1 aromatic rings. The van der Waals surface area contributed by atoms with Gasteiger partial charge in [0.1, 0.15) is 12.2 Å². The Kier molecular flexibility index (Phi) is 3.55. The Morgan fingerprint density at radius 1 is 1.35 bits per heavy atom. The topological polar surface area (TPSA) is 84.9 Å². The quantitative estimate of drug-likeness (QED) is 0.752. The Balaban J connectivity index is 1.76. The molecule has 20 heavy (non-hydrogen) atoms. The summed E-state index contributed by atoms with van der Waals surface area (Å²) < 4.78 is 35.1. The third kappa shape index (κ3) is 2.47. The molecule has 0 saturated carbocycles. The lowest BCUT2D eigenvalue weighted by molar-refractivity contribution is 0.0278. The van der Waals surface area contributed by atoms with Crippen LogP contribution in [0.4, 0.5) is 0 Å². The zero-order valence-corrected chi connectivity index (χ0v) is 11.8. The van der Waals surface area contributed by atoms with Crippen molar-refractivity contribution < 1.29 is 22.4 Å². The highest BCUT2D eigenvalue weighted by atomic mass is 32.2. The van der Waals surface area contributed by atoms with Crippen LogP contribution < -0.4 is 5.32 Å². The molecule has 3 rings (SSSR count). The maximum absolute atomic E-state index is 12.2. The van der Waals surface area contributed by atoms with Crippen LogP contribution in [0.1, 0.15) is 5.56 Å². The fourth-order valence-electron chi connectivity index (χ4n) is 2.61. The van der Waals surface area contributed by atoms with E-state index in [9.17, 15) is 13.5 Å². The second-order valence-corrected chi connectivity index (χ2v) is 6.77. The Morgan fingerprint density at radius 3 is 2.75 bits per heavy atom. The van der Waals surface area contributed by atoms with E-state index in [4.69, 9.17) is 8.92 Å². The smallest absolute Gasteiger partial charge is 0.297 e. The number of fused-ring (bicyclic) bond motifs is 1. The third-order valence-corrected chi connectivity index (χ3v) is 5.06. The standard InChI is InChI=1S/C13H17NO5S/c1-8-2-4-9(5-3-8)20(16,17)19-11-6-14-12-10(15)7-18-13(11)12/h2-5,10-15H,6-7H2,1H3/t10-,11+,12+,13-/m0/s1. The molecule has 0 amide bonds. The van der Waals surface area contributed by atoms with Gasteiger partial charge in [0, 0.05) is 6.54 Å². The number of nitrogens with one attached hydrogen (secondary N) is 1. The number of ether oxygens (including phenoxy) is 1. The normalized spacial score (nSPS) is 33.3. The molecule has 0 radical (unpaired) electrons. The van der Waals surface area contributed by atoms with Crippen molar-refractivity contribution >= 4 is 10.1 Å². The highest BCUT2D eigenvalue weighted by molar-refractivity contribution is 7.86. The minimum Gasteiger partial charge on any atom is -0.389 e. The fraction of sp³-hybridized carbons (Fsp3) is 0.538. The summed E-state index contributed by atoms with van der Waals surface area (Å²) in [6.07, 6.45) is -1.65. The molecule has 2 aliphatic heterocycles. The van der Waals surface area contributed by atoms with Gasteiger partial charge in [0.25, 0.3) is 10.1 Å². The van der Waals surface area contributed by atoms with E-state index in [1.807, 2.05) is 6.92 Å². The number of aryl methyl sites for hydroxylation is 1. The van der Waals surface area contributed by atoms with Gasteiger partial charge in [-0.05, 0) is 19.1 Å². The second kappa shape index (κ2) is 5.09. The van der Waals surface area contributed by atoms with Gasteiger partial charge < -0.3 is 15.2 Å². The largest absolute Gasteiger partial charge is 0.389 e. The Hall–Kier alpha value is -0.990. The van der Waals surface area contributed by atoms with E-state index in [-0.39, 0.29) is 17.5 Å². The van der Waals surface area contributed by atoms with Crippen LogP contribution in [0.15, 0.2) is 29.2 Å². The first kappa shape index (κ1) is 14.0. The third-order valence-electron chi connectivity index (χ3n) is 3.71. The first-order chi connectivity index (χ1) is 9.47. The van der Waals surface area contributed by atoms with Crippen LogP contribution in [0.2, 0.25) is 0 Å². The van der Waals surface area contributed by atoms with Crippen LogP contribution in [-0.2, 0) is 19.0 Å². The van der Waals surface area contributed by atoms with Gasteiger partial charge in [-0.2, -0.15) is 8.42 Å². The minimum absolute atomic E-state index is 0.130. The van der Waals surface area contributed by atoms with E-state index in [1.165, 1.54) is 12.1 Å². The van der Waals surface area contributed by atoms with Crippen molar-refractivity contribution in [2.24, 2.45) is 0 Å². The molecule has 0 aromatic heterocycles. The summed E-state index contributed by atoms with van der Waals surface area (Å²) in [4.78, 5) is 0.130. The van der Waals surface area contributed by atoms with Gasteiger partial charge in [-0.1, -0.05) is 17.7 Å². The number of hydrogen-bond acceptors (Lipinski definition) is 6. The predicted molar refractivity (Wildman–Crippen MR) is 70.8 cm³/mol. The van der Waals surface area contributed by atoms with Crippen molar-refractivity contribution in [2.75, 3.05) is 13.2 Å². The molecular formula is C13H17NO5S. The summed E-state index contributed by atoms with van der Waals surface area (Å²) in [6, 6.07) is 6.24. The van der Waals surface area contributed by atoms with Crippen LogP contribution in [0.3, 0.4) is 0 Å². The highest BCUT2D eigenvalue weighted by Gasteiger charge is 2.47. The molecule has 2 fully saturated rings. The average molecular weight is 299 g/mol. The molecule has 0 unspecified atom stereocenters. The lowest BCUT2D eigenvalue weighted by atomic mass is 10.1. The lowest BCUT2D eigenvalue weighted by Crippen LogP contribution is -2.37. The molecule has 0 aliphatic carbocycles. The van der Waals surface area contributed by atoms with Crippen LogP contribution in [0, 0.1) is 6.92 Å². The summed E-state index contributed by atoms with van der Waals surface area (Å²) in [7, 11) is -3.82. The molecule has 7 heteroatoms. The maximum atomic E-state index is 12.2. The second-order valence-electron chi connectivity index (χ2n) is 5.20. The van der Waals surface area contributed by atoms with Crippen molar-refractivity contribution in [3.05, 3.63) is 29.8 Å². The van der Waals surface area contributed by atoms with Crippen molar-refractivity contribution in [3.63, 3.8) is 0 Å². The Labute approximate surface area is 117 Å². The highest BCUT2D eigenvalue weighted by Crippen LogP contribution is 2.27. The molecule has 2 heterocycles. The van der Waals surface area contributed by atoms with Gasteiger partial charge in [-0.3, -0.25) is 4.18 Å². The van der Waals surface area contributed by atoms with Gasteiger partial charge in [-0.15, -0.1) is 0 Å². The van der Waals surface area contributed by atoms with Crippen LogP contribution in [-0.4, -0.2) is 51.0 Å². The van der Waals surface area contributed by atoms with Crippen molar-refractivity contribution in [3.8, 4) is 0 Å². The minimum atomic E-state index is -3.82. The van der Waals surface area contributed by atoms with Gasteiger partial charge in [0.2, 0.25) is 0 Å². The molecule has 0 spiro atoms. The van der Waals surface area contributed by atoms with E-state index in [0.29, 0.717) is 6.54 Å². The van der Waals surface area contributed by atoms with E-state index < -0.39 is 28.4 Å². The van der Waals surface area contributed by atoms with Gasteiger partial charge in [0.05, 0.1) is 23.6 Å². The zero-order chi connectivity index (χ0) is 14.3. The number of hydrogen-bond donors (Lipinski definition) is 2. The molecule has 2 saturated heterocycles. The van der Waals surface area contributed by atoms with Gasteiger partial charge >= 0.3 is 0 Å². The molecular weight excluding hydrogens is 282 g/mol. The Morgan fingerprint density at radius 2 is 2.05 bits per heavy atom. The molecule has 6 nitrogen and oxygen atoms in total. The monoisotopic (exact) mass is 299 g/mol. The first-order valence-corrected chi connectivity index (χ1v) is 7.91. The van der Waals surface area contributed by atoms with E-state index >= 15 is 0 Å². The average Bonchev–Trinajstić information content (AvgIpc) is 2.95. The Bertz CT molecular complexity index is 585. The first-order valence-electron chi connectivity index (χ1n) is 6.50. The SMILES string of the molecule is Cc1ccc(S(=O)(=O)O[C@@H]2CN[C@H]3[C@H]2OC[C@@H]3O)cc1. The summed E-state index contributed by atoms with van der Waals surface area (Å²) in [5.41, 5.74) is 0.980. The van der Waals surface area contributed by atoms with Crippen molar-refractivity contribution in [1.29, 1.82) is 0 Å². The van der Waals surface area contributed by atoms with E-state index in [0.717, 1.165) is 5.56 Å². The van der Waals surface area contributed by atoms with Gasteiger partial charge in [0.15, 0.2) is 0 Å². The number of aliphatic hydroxyl groups is 1. The van der Waals surface area contributed by atoms with Crippen LogP contribution >= 0.6 is 0 Å². The zero-order valence-electron chi connectivity index (χ0n) is 11.0. The lowest BCUT2D eigenvalue weighted by Gasteiger charge is -2.17. The van der Waals surface area contributed by atoms with E-state index in [1.54, 1.807) is 12.1 Å². The number of benzene rings is 1. The van der Waals surface area contributed by atoms with Crippen LogP contribution in [0.5, 0.6) is 0 Å². The molecule has 110 valence electrons. The van der Waals surface area contributed by atoms with Crippen molar-refractivity contribution in [1.82, 2.24) is 5.32 Å². The summed E-state index contributed by atoms with van der Waals surface area (Å²) in [6.45, 7) is 2.43. The summed E-state index contributed by atoms with van der Waals surface area (Å²) in [5.74, 6) is 0. The predicted octanol–water partition coefficient (Wildman–Crippen LogP) is -0.200.